The lowest BCUT2D eigenvalue weighted by molar-refractivity contribution is 0.0459. The van der Waals surface area contributed by atoms with Crippen LogP contribution >= 0.6 is 11.6 Å². The van der Waals surface area contributed by atoms with Gasteiger partial charge in [-0.1, -0.05) is 22.8 Å². The van der Waals surface area contributed by atoms with Gasteiger partial charge in [0.15, 0.2) is 5.76 Å². The molecule has 0 N–H and O–H groups in total. The third-order valence-corrected chi connectivity index (χ3v) is 3.59. The van der Waals surface area contributed by atoms with Crippen molar-refractivity contribution in [3.8, 4) is 11.3 Å². The number of ether oxygens (including phenoxy) is 1. The second-order valence-corrected chi connectivity index (χ2v) is 5.39. The molecule has 128 valence electrons. The van der Waals surface area contributed by atoms with Crippen molar-refractivity contribution in [3.05, 3.63) is 76.2 Å². The molecule has 0 bridgehead atoms. The summed E-state index contributed by atoms with van der Waals surface area (Å²) in [5, 5.41) is 3.54. The van der Waals surface area contributed by atoms with Crippen molar-refractivity contribution in [2.45, 2.75) is 6.61 Å². The Morgan fingerprint density at radius 2 is 1.92 bits per heavy atom. The number of rotatable bonds is 4. The van der Waals surface area contributed by atoms with Gasteiger partial charge in [-0.15, -0.1) is 0 Å². The van der Waals surface area contributed by atoms with E-state index in [9.17, 15) is 18.0 Å². The van der Waals surface area contributed by atoms with Gasteiger partial charge in [-0.3, -0.25) is 0 Å². The van der Waals surface area contributed by atoms with Crippen LogP contribution in [0.15, 0.2) is 47.0 Å². The molecule has 4 nitrogen and oxygen atoms in total. The van der Waals surface area contributed by atoms with Gasteiger partial charge in [-0.2, -0.15) is 0 Å². The third kappa shape index (κ3) is 3.66. The van der Waals surface area contributed by atoms with Crippen molar-refractivity contribution in [1.82, 2.24) is 5.16 Å². The lowest BCUT2D eigenvalue weighted by Gasteiger charge is -2.05. The van der Waals surface area contributed by atoms with E-state index in [4.69, 9.17) is 20.9 Å². The molecule has 0 amide bonds. The van der Waals surface area contributed by atoms with Gasteiger partial charge < -0.3 is 9.26 Å². The van der Waals surface area contributed by atoms with Crippen LogP contribution in [0.2, 0.25) is 5.02 Å². The normalized spacial score (nSPS) is 10.7. The third-order valence-electron chi connectivity index (χ3n) is 3.27. The van der Waals surface area contributed by atoms with Gasteiger partial charge in [-0.25, -0.2) is 18.0 Å². The molecule has 0 aliphatic rings. The Bertz CT molecular complexity index is 922. The zero-order valence-corrected chi connectivity index (χ0v) is 13.2. The Morgan fingerprint density at radius 3 is 2.64 bits per heavy atom. The van der Waals surface area contributed by atoms with E-state index in [1.165, 1.54) is 24.3 Å². The summed E-state index contributed by atoms with van der Waals surface area (Å²) in [4.78, 5) is 11.9. The van der Waals surface area contributed by atoms with Gasteiger partial charge in [0.25, 0.3) is 0 Å². The predicted molar refractivity (Wildman–Crippen MR) is 82.4 cm³/mol. The van der Waals surface area contributed by atoms with Crippen molar-refractivity contribution in [2.75, 3.05) is 0 Å². The van der Waals surface area contributed by atoms with Crippen LogP contribution in [-0.4, -0.2) is 11.1 Å². The van der Waals surface area contributed by atoms with Crippen LogP contribution in [0.3, 0.4) is 0 Å². The van der Waals surface area contributed by atoms with Gasteiger partial charge in [0, 0.05) is 12.1 Å². The highest BCUT2D eigenvalue weighted by Gasteiger charge is 2.18. The highest BCUT2D eigenvalue weighted by atomic mass is 35.5. The molecule has 0 unspecified atom stereocenters. The van der Waals surface area contributed by atoms with Gasteiger partial charge in [0.2, 0.25) is 0 Å². The lowest BCUT2D eigenvalue weighted by Crippen LogP contribution is -2.08. The maximum atomic E-state index is 13.7. The maximum Gasteiger partial charge on any atom is 0.343 e. The number of hydrogen-bond donors (Lipinski definition) is 0. The molecule has 8 heteroatoms. The van der Waals surface area contributed by atoms with E-state index in [0.29, 0.717) is 6.07 Å². The molecular formula is C17H9ClF3NO3. The van der Waals surface area contributed by atoms with Crippen LogP contribution in [0, 0.1) is 17.5 Å². The van der Waals surface area contributed by atoms with Gasteiger partial charge >= 0.3 is 5.97 Å². The average Bonchev–Trinajstić information content (AvgIpc) is 3.01. The van der Waals surface area contributed by atoms with Crippen molar-refractivity contribution in [1.29, 1.82) is 0 Å². The summed E-state index contributed by atoms with van der Waals surface area (Å²) in [6.07, 6.45) is 0. The SMILES string of the molecule is O=C(OCc1cc(-c2ccc(F)cc2F)on1)c1c(F)cccc1Cl. The summed E-state index contributed by atoms with van der Waals surface area (Å²) in [6.45, 7) is -0.337. The number of nitrogens with zero attached hydrogens (tertiary/aromatic N) is 1. The van der Waals surface area contributed by atoms with Crippen LogP contribution < -0.4 is 0 Å². The Labute approximate surface area is 144 Å². The van der Waals surface area contributed by atoms with Crippen LogP contribution in [-0.2, 0) is 11.3 Å². The summed E-state index contributed by atoms with van der Waals surface area (Å²) < 4.78 is 50.1. The van der Waals surface area contributed by atoms with E-state index in [1.807, 2.05) is 0 Å². The fourth-order valence-corrected chi connectivity index (χ4v) is 2.34. The number of carbonyl (C=O) groups is 1. The minimum absolute atomic E-state index is 0.00336. The Balaban J connectivity index is 1.73. The summed E-state index contributed by atoms with van der Waals surface area (Å²) >= 11 is 5.77. The Hall–Kier alpha value is -2.80. The topological polar surface area (TPSA) is 52.3 Å². The van der Waals surface area contributed by atoms with Crippen LogP contribution in [0.5, 0.6) is 0 Å². The van der Waals surface area contributed by atoms with Crippen molar-refractivity contribution < 1.29 is 27.2 Å². The largest absolute Gasteiger partial charge is 0.455 e. The van der Waals surface area contributed by atoms with Crippen molar-refractivity contribution >= 4 is 17.6 Å². The summed E-state index contributed by atoms with van der Waals surface area (Å²) in [6, 6.07) is 8.08. The number of halogens is 4. The fraction of sp³-hybridized carbons (Fsp3) is 0.0588. The number of benzene rings is 2. The molecule has 0 aliphatic carbocycles. The Morgan fingerprint density at radius 1 is 1.12 bits per heavy atom. The van der Waals surface area contributed by atoms with E-state index in [-0.39, 0.29) is 28.6 Å². The van der Waals surface area contributed by atoms with E-state index in [1.54, 1.807) is 0 Å². The van der Waals surface area contributed by atoms with E-state index < -0.39 is 29.0 Å². The summed E-state index contributed by atoms with van der Waals surface area (Å²) in [5.74, 6) is -3.30. The van der Waals surface area contributed by atoms with Gasteiger partial charge in [0.05, 0.1) is 10.6 Å². The first-order valence-corrected chi connectivity index (χ1v) is 7.35. The number of hydrogen-bond acceptors (Lipinski definition) is 4. The molecule has 2 aromatic carbocycles. The first-order valence-electron chi connectivity index (χ1n) is 6.98. The molecule has 0 saturated heterocycles. The van der Waals surface area contributed by atoms with E-state index in [2.05, 4.69) is 5.16 Å². The van der Waals surface area contributed by atoms with Crippen LogP contribution in [0.1, 0.15) is 16.1 Å². The summed E-state index contributed by atoms with van der Waals surface area (Å²) in [5.41, 5.74) is -0.222. The number of carbonyl (C=O) groups excluding carboxylic acids is 1. The second kappa shape index (κ2) is 6.98. The minimum Gasteiger partial charge on any atom is -0.455 e. The average molecular weight is 368 g/mol. The summed E-state index contributed by atoms with van der Waals surface area (Å²) in [7, 11) is 0. The minimum atomic E-state index is -0.972. The van der Waals surface area contributed by atoms with Crippen molar-refractivity contribution in [3.63, 3.8) is 0 Å². The van der Waals surface area contributed by atoms with Crippen LogP contribution in [0.25, 0.3) is 11.3 Å². The standard InChI is InChI=1S/C17H9ClF3NO3/c18-12-2-1-3-13(20)16(12)17(23)24-8-10-7-15(25-22-10)11-5-4-9(19)6-14(11)21/h1-7H,8H2. The maximum absolute atomic E-state index is 13.7. The highest BCUT2D eigenvalue weighted by molar-refractivity contribution is 6.33. The molecule has 3 aromatic rings. The van der Waals surface area contributed by atoms with Gasteiger partial charge in [-0.05, 0) is 24.3 Å². The molecule has 0 fully saturated rings. The quantitative estimate of drug-likeness (QED) is 0.623. The smallest absolute Gasteiger partial charge is 0.343 e. The number of aromatic nitrogens is 1. The fourth-order valence-electron chi connectivity index (χ4n) is 2.10. The lowest BCUT2D eigenvalue weighted by atomic mass is 10.1. The molecule has 0 radical (unpaired) electrons. The molecular weight excluding hydrogens is 359 g/mol. The second-order valence-electron chi connectivity index (χ2n) is 4.98. The van der Waals surface area contributed by atoms with Crippen molar-refractivity contribution in [2.24, 2.45) is 0 Å². The monoisotopic (exact) mass is 367 g/mol. The first kappa shape index (κ1) is 17.0. The molecule has 0 atom stereocenters. The molecule has 0 spiro atoms. The molecule has 3 rings (SSSR count). The predicted octanol–water partition coefficient (Wildman–Crippen LogP) is 4.77. The van der Waals surface area contributed by atoms with Crippen LogP contribution in [0.4, 0.5) is 13.2 Å². The van der Waals surface area contributed by atoms with E-state index >= 15 is 0 Å². The highest BCUT2D eigenvalue weighted by Crippen LogP contribution is 2.25. The zero-order chi connectivity index (χ0) is 18.0. The molecule has 25 heavy (non-hydrogen) atoms. The van der Waals surface area contributed by atoms with Gasteiger partial charge in [0.1, 0.15) is 35.3 Å². The molecule has 1 aromatic heterocycles. The first-order chi connectivity index (χ1) is 12.0. The molecule has 0 saturated carbocycles. The van der Waals surface area contributed by atoms with E-state index in [0.717, 1.165) is 12.1 Å². The molecule has 1 heterocycles. The Kier molecular flexibility index (Phi) is 4.76. The molecule has 0 aliphatic heterocycles. The zero-order valence-electron chi connectivity index (χ0n) is 12.4. The number of esters is 1.